The number of unbranched alkanes of at least 4 members (excludes halogenated alkanes) is 1. The first-order chi connectivity index (χ1) is 9.70. The van der Waals surface area contributed by atoms with Crippen molar-refractivity contribution in [1.82, 2.24) is 0 Å². The number of rotatable bonds is 7. The van der Waals surface area contributed by atoms with Gasteiger partial charge in [0, 0.05) is 11.6 Å². The Balaban J connectivity index is 2.04. The van der Waals surface area contributed by atoms with E-state index in [0.717, 1.165) is 17.7 Å². The highest BCUT2D eigenvalue weighted by molar-refractivity contribution is 7.07. The number of ether oxygens (including phenoxy) is 1. The molecular weight excluding hydrogens is 266 g/mol. The maximum absolute atomic E-state index is 6.06. The molecule has 1 aromatic carbocycles. The van der Waals surface area contributed by atoms with Gasteiger partial charge in [0.25, 0.3) is 0 Å². The fraction of sp³-hybridized carbons (Fsp3) is 0.412. The summed E-state index contributed by atoms with van der Waals surface area (Å²) in [5, 5.41) is 4.16. The highest BCUT2D eigenvalue weighted by atomic mass is 32.1. The molecule has 0 saturated carbocycles. The smallest absolute Gasteiger partial charge is 0.139 e. The lowest BCUT2D eigenvalue weighted by Crippen LogP contribution is -2.28. The van der Waals surface area contributed by atoms with E-state index in [-0.39, 0.29) is 12.1 Å². The molecule has 0 aliphatic rings. The molecule has 2 atom stereocenters. The molecule has 0 spiro atoms. The SMILES string of the molecule is CCCCc1ccc(OC(c2ccsc2)C(C)N)cc1. The van der Waals surface area contributed by atoms with Gasteiger partial charge in [-0.15, -0.1) is 0 Å². The highest BCUT2D eigenvalue weighted by Gasteiger charge is 2.18. The Hall–Kier alpha value is -1.32. The lowest BCUT2D eigenvalue weighted by atomic mass is 10.1. The third-order valence-corrected chi connectivity index (χ3v) is 4.06. The molecule has 1 heterocycles. The van der Waals surface area contributed by atoms with Crippen molar-refractivity contribution in [2.24, 2.45) is 5.73 Å². The van der Waals surface area contributed by atoms with Crippen molar-refractivity contribution in [3.63, 3.8) is 0 Å². The number of aryl methyl sites for hydroxylation is 1. The Bertz CT molecular complexity index is 490. The van der Waals surface area contributed by atoms with Crippen molar-refractivity contribution in [3.8, 4) is 5.75 Å². The van der Waals surface area contributed by atoms with Crippen molar-refractivity contribution >= 4 is 11.3 Å². The molecule has 0 amide bonds. The minimum absolute atomic E-state index is 0.0376. The predicted molar refractivity (Wildman–Crippen MR) is 86.4 cm³/mol. The summed E-state index contributed by atoms with van der Waals surface area (Å²) >= 11 is 1.67. The summed E-state index contributed by atoms with van der Waals surface area (Å²) in [6, 6.07) is 10.4. The molecule has 2 nitrogen and oxygen atoms in total. The van der Waals surface area contributed by atoms with Crippen molar-refractivity contribution in [2.45, 2.75) is 45.3 Å². The fourth-order valence-corrected chi connectivity index (χ4v) is 2.86. The minimum atomic E-state index is -0.0808. The van der Waals surface area contributed by atoms with E-state index in [9.17, 15) is 0 Å². The topological polar surface area (TPSA) is 35.2 Å². The monoisotopic (exact) mass is 289 g/mol. The molecule has 1 aromatic heterocycles. The van der Waals surface area contributed by atoms with E-state index in [1.54, 1.807) is 11.3 Å². The summed E-state index contributed by atoms with van der Waals surface area (Å²) in [7, 11) is 0. The summed E-state index contributed by atoms with van der Waals surface area (Å²) in [5.74, 6) is 0.888. The predicted octanol–water partition coefficient (Wildman–Crippen LogP) is 4.56. The van der Waals surface area contributed by atoms with Crippen LogP contribution in [0.3, 0.4) is 0 Å². The molecule has 2 N–H and O–H groups in total. The average molecular weight is 289 g/mol. The van der Waals surface area contributed by atoms with Gasteiger partial charge in [0.2, 0.25) is 0 Å². The zero-order valence-electron chi connectivity index (χ0n) is 12.2. The third-order valence-electron chi connectivity index (χ3n) is 3.35. The fourth-order valence-electron chi connectivity index (χ4n) is 2.18. The molecule has 0 aliphatic heterocycles. The van der Waals surface area contributed by atoms with Crippen LogP contribution in [0.5, 0.6) is 5.75 Å². The molecule has 2 rings (SSSR count). The van der Waals surface area contributed by atoms with Crippen molar-refractivity contribution < 1.29 is 4.74 Å². The Kier molecular flexibility index (Phi) is 5.62. The quantitative estimate of drug-likeness (QED) is 0.811. The van der Waals surface area contributed by atoms with Gasteiger partial charge in [0.15, 0.2) is 0 Å². The molecule has 0 bridgehead atoms. The molecule has 108 valence electrons. The second kappa shape index (κ2) is 7.46. The number of hydrogen-bond acceptors (Lipinski definition) is 3. The Morgan fingerprint density at radius 3 is 2.50 bits per heavy atom. The first kappa shape index (κ1) is 15.1. The molecule has 0 radical (unpaired) electrons. The van der Waals surface area contributed by atoms with E-state index in [0.29, 0.717) is 0 Å². The molecule has 0 saturated heterocycles. The van der Waals surface area contributed by atoms with E-state index in [1.165, 1.54) is 18.4 Å². The van der Waals surface area contributed by atoms with Gasteiger partial charge in [-0.25, -0.2) is 0 Å². The van der Waals surface area contributed by atoms with E-state index >= 15 is 0 Å². The lowest BCUT2D eigenvalue weighted by Gasteiger charge is -2.22. The molecule has 2 aromatic rings. The van der Waals surface area contributed by atoms with Crippen molar-refractivity contribution in [1.29, 1.82) is 0 Å². The van der Waals surface area contributed by atoms with Crippen LogP contribution < -0.4 is 10.5 Å². The molecular formula is C17H23NOS. The summed E-state index contributed by atoms with van der Waals surface area (Å²) in [5.41, 5.74) is 8.57. The average Bonchev–Trinajstić information content (AvgIpc) is 2.97. The summed E-state index contributed by atoms with van der Waals surface area (Å²) in [6.45, 7) is 4.20. The number of benzene rings is 1. The molecule has 2 unspecified atom stereocenters. The van der Waals surface area contributed by atoms with E-state index in [1.807, 2.05) is 19.1 Å². The lowest BCUT2D eigenvalue weighted by molar-refractivity contribution is 0.181. The normalized spacial score (nSPS) is 13.9. The van der Waals surface area contributed by atoms with Gasteiger partial charge in [-0.05, 0) is 54.3 Å². The van der Waals surface area contributed by atoms with Crippen LogP contribution in [-0.2, 0) is 6.42 Å². The standard InChI is InChI=1S/C17H23NOS/c1-3-4-5-14-6-8-16(9-7-14)19-17(13(2)18)15-10-11-20-12-15/h6-13,17H,3-5,18H2,1-2H3. The molecule has 3 heteroatoms. The second-order valence-electron chi connectivity index (χ2n) is 5.20. The number of nitrogens with two attached hydrogens (primary N) is 1. The molecule has 20 heavy (non-hydrogen) atoms. The number of thiophene rings is 1. The number of hydrogen-bond donors (Lipinski definition) is 1. The molecule has 0 aliphatic carbocycles. The van der Waals surface area contributed by atoms with Crippen LogP contribution in [0.4, 0.5) is 0 Å². The maximum Gasteiger partial charge on any atom is 0.139 e. The maximum atomic E-state index is 6.06. The van der Waals surface area contributed by atoms with Crippen LogP contribution in [0, 0.1) is 0 Å². The minimum Gasteiger partial charge on any atom is -0.484 e. The summed E-state index contributed by atoms with van der Waals surface area (Å²) in [6.07, 6.45) is 3.52. The third kappa shape index (κ3) is 4.09. The van der Waals surface area contributed by atoms with Crippen LogP contribution in [0.25, 0.3) is 0 Å². The Morgan fingerprint density at radius 2 is 1.95 bits per heavy atom. The zero-order valence-corrected chi connectivity index (χ0v) is 13.0. The van der Waals surface area contributed by atoms with Crippen LogP contribution in [0.15, 0.2) is 41.1 Å². The van der Waals surface area contributed by atoms with E-state index < -0.39 is 0 Å². The summed E-state index contributed by atoms with van der Waals surface area (Å²) in [4.78, 5) is 0. The van der Waals surface area contributed by atoms with E-state index in [2.05, 4.69) is 35.9 Å². The molecule has 0 fully saturated rings. The zero-order chi connectivity index (χ0) is 14.4. The second-order valence-corrected chi connectivity index (χ2v) is 5.98. The van der Waals surface area contributed by atoms with Gasteiger partial charge in [-0.1, -0.05) is 25.5 Å². The van der Waals surface area contributed by atoms with Gasteiger partial charge >= 0.3 is 0 Å². The highest BCUT2D eigenvalue weighted by Crippen LogP contribution is 2.26. The Labute approximate surface area is 125 Å². The summed E-state index contributed by atoms with van der Waals surface area (Å²) < 4.78 is 6.06. The van der Waals surface area contributed by atoms with Crippen LogP contribution >= 0.6 is 11.3 Å². The largest absolute Gasteiger partial charge is 0.484 e. The van der Waals surface area contributed by atoms with Gasteiger partial charge in [0.1, 0.15) is 11.9 Å². The van der Waals surface area contributed by atoms with Crippen LogP contribution in [0.2, 0.25) is 0 Å². The van der Waals surface area contributed by atoms with E-state index in [4.69, 9.17) is 10.5 Å². The van der Waals surface area contributed by atoms with Crippen LogP contribution in [-0.4, -0.2) is 6.04 Å². The van der Waals surface area contributed by atoms with Crippen LogP contribution in [0.1, 0.15) is 43.9 Å². The van der Waals surface area contributed by atoms with Gasteiger partial charge in [-0.3, -0.25) is 0 Å². The Morgan fingerprint density at radius 1 is 1.20 bits per heavy atom. The van der Waals surface area contributed by atoms with Gasteiger partial charge < -0.3 is 10.5 Å². The van der Waals surface area contributed by atoms with Crippen molar-refractivity contribution in [2.75, 3.05) is 0 Å². The van der Waals surface area contributed by atoms with Crippen molar-refractivity contribution in [3.05, 3.63) is 52.2 Å². The first-order valence-electron chi connectivity index (χ1n) is 7.24. The first-order valence-corrected chi connectivity index (χ1v) is 8.18. The van der Waals surface area contributed by atoms with Gasteiger partial charge in [-0.2, -0.15) is 11.3 Å². The van der Waals surface area contributed by atoms with Gasteiger partial charge in [0.05, 0.1) is 0 Å².